The van der Waals surface area contributed by atoms with Crippen LogP contribution in [0, 0.1) is 17.3 Å². The molecule has 0 aromatic heterocycles. The van der Waals surface area contributed by atoms with Gasteiger partial charge in [0.15, 0.2) is 5.78 Å². The van der Waals surface area contributed by atoms with Gasteiger partial charge in [0.2, 0.25) is 11.8 Å². The van der Waals surface area contributed by atoms with Crippen LogP contribution in [0.1, 0.15) is 59.4 Å². The summed E-state index contributed by atoms with van der Waals surface area (Å²) in [5.74, 6) is -4.25. The third-order valence-corrected chi connectivity index (χ3v) is 6.58. The predicted octanol–water partition coefficient (Wildman–Crippen LogP) is 1.80. The Balaban J connectivity index is 2.07. The van der Waals surface area contributed by atoms with Crippen molar-refractivity contribution < 1.29 is 38.3 Å². The SMILES string of the molecule is CC(C)[C@@H](NC(=O)CN1C(=O)C=CC1=O)C(=O)C[C@H](CCCNC(N)=O)C(=O)Nc1ccc(COC(=O)C(C)(C)C)cc1. The van der Waals surface area contributed by atoms with E-state index in [1.54, 1.807) is 58.9 Å². The van der Waals surface area contributed by atoms with Gasteiger partial charge >= 0.3 is 12.0 Å². The van der Waals surface area contributed by atoms with Crippen molar-refractivity contribution in [3.05, 3.63) is 42.0 Å². The van der Waals surface area contributed by atoms with Crippen molar-refractivity contribution in [3.63, 3.8) is 0 Å². The topological polar surface area (TPSA) is 194 Å². The molecule has 13 nitrogen and oxygen atoms in total. The van der Waals surface area contributed by atoms with Crippen LogP contribution in [0.2, 0.25) is 0 Å². The fourth-order valence-electron chi connectivity index (χ4n) is 4.12. The fraction of sp³-hybridized carbons (Fsp3) is 0.500. The van der Waals surface area contributed by atoms with E-state index >= 15 is 0 Å². The predicted molar refractivity (Wildman–Crippen MR) is 157 cm³/mol. The van der Waals surface area contributed by atoms with E-state index < -0.39 is 59.4 Å². The van der Waals surface area contributed by atoms with Gasteiger partial charge in [-0.15, -0.1) is 0 Å². The number of ether oxygens (including phenoxy) is 1. The van der Waals surface area contributed by atoms with Crippen molar-refractivity contribution in [1.82, 2.24) is 15.5 Å². The Morgan fingerprint density at radius 1 is 0.977 bits per heavy atom. The first-order chi connectivity index (χ1) is 20.1. The summed E-state index contributed by atoms with van der Waals surface area (Å²) in [6.07, 6.45) is 2.51. The molecule has 0 unspecified atom stereocenters. The third-order valence-electron chi connectivity index (χ3n) is 6.58. The first kappa shape index (κ1) is 34.7. The molecule has 0 radical (unpaired) electrons. The molecule has 1 aromatic rings. The van der Waals surface area contributed by atoms with Crippen LogP contribution in [0.15, 0.2) is 36.4 Å². The van der Waals surface area contributed by atoms with Gasteiger partial charge in [-0.25, -0.2) is 4.79 Å². The highest BCUT2D eigenvalue weighted by Crippen LogP contribution is 2.20. The number of nitrogens with zero attached hydrogens (tertiary/aromatic N) is 1. The molecule has 5 N–H and O–H groups in total. The van der Waals surface area contributed by atoms with Gasteiger partial charge < -0.3 is 26.4 Å². The average molecular weight is 600 g/mol. The quantitative estimate of drug-likeness (QED) is 0.133. The molecule has 0 bridgehead atoms. The molecular formula is C30H41N5O8. The van der Waals surface area contributed by atoms with E-state index in [2.05, 4.69) is 16.0 Å². The van der Waals surface area contributed by atoms with Crippen molar-refractivity contribution in [2.24, 2.45) is 23.0 Å². The summed E-state index contributed by atoms with van der Waals surface area (Å²) in [6.45, 7) is 8.46. The Bertz CT molecular complexity index is 1230. The second-order valence-corrected chi connectivity index (χ2v) is 11.7. The summed E-state index contributed by atoms with van der Waals surface area (Å²) in [5, 5.41) is 7.84. The van der Waals surface area contributed by atoms with Gasteiger partial charge in [0.25, 0.3) is 11.8 Å². The first-order valence-electron chi connectivity index (χ1n) is 14.0. The number of Topliss-reactive ketones (excluding diaryl/α,β-unsaturated/α-hetero) is 1. The number of primary amides is 1. The van der Waals surface area contributed by atoms with Gasteiger partial charge in [-0.05, 0) is 57.2 Å². The second kappa shape index (κ2) is 15.6. The number of carbonyl (C=O) groups is 7. The lowest BCUT2D eigenvalue weighted by Gasteiger charge is -2.25. The summed E-state index contributed by atoms with van der Waals surface area (Å²) in [7, 11) is 0. The lowest BCUT2D eigenvalue weighted by molar-refractivity contribution is -0.154. The number of esters is 1. The molecule has 234 valence electrons. The molecule has 1 heterocycles. The minimum atomic E-state index is -0.970. The Hall–Kier alpha value is -4.55. The van der Waals surface area contributed by atoms with Crippen molar-refractivity contribution in [3.8, 4) is 0 Å². The number of amides is 6. The summed E-state index contributed by atoms with van der Waals surface area (Å²) in [6, 6.07) is 5.04. The monoisotopic (exact) mass is 599 g/mol. The fourth-order valence-corrected chi connectivity index (χ4v) is 4.12. The highest BCUT2D eigenvalue weighted by Gasteiger charge is 2.32. The van der Waals surface area contributed by atoms with Crippen LogP contribution in [0.4, 0.5) is 10.5 Å². The van der Waals surface area contributed by atoms with E-state index in [4.69, 9.17) is 10.5 Å². The van der Waals surface area contributed by atoms with Gasteiger partial charge in [0.1, 0.15) is 13.2 Å². The molecule has 1 aromatic carbocycles. The van der Waals surface area contributed by atoms with Gasteiger partial charge in [-0.2, -0.15) is 0 Å². The number of imide groups is 1. The number of anilines is 1. The molecule has 13 heteroatoms. The molecule has 0 fully saturated rings. The van der Waals surface area contributed by atoms with Crippen molar-refractivity contribution in [2.75, 3.05) is 18.4 Å². The highest BCUT2D eigenvalue weighted by molar-refractivity contribution is 6.14. The Kier molecular flexibility index (Phi) is 12.6. The number of hydrogen-bond donors (Lipinski definition) is 4. The molecule has 1 aliphatic heterocycles. The van der Waals surface area contributed by atoms with Gasteiger partial charge in [0.05, 0.1) is 11.5 Å². The molecule has 2 rings (SSSR count). The van der Waals surface area contributed by atoms with Gasteiger partial charge in [-0.1, -0.05) is 26.0 Å². The molecule has 0 aliphatic carbocycles. The maximum Gasteiger partial charge on any atom is 0.312 e. The molecule has 6 amide bonds. The third kappa shape index (κ3) is 11.3. The average Bonchev–Trinajstić information content (AvgIpc) is 3.23. The standard InChI is InChI=1S/C30H41N5O8/c1-18(2)26(34-23(37)16-35-24(38)12-13-25(35)39)22(36)15-20(7-6-14-32-29(31)42)27(40)33-21-10-8-19(9-11-21)17-43-28(41)30(3,4)5/h8-13,18,20,26H,6-7,14-17H2,1-5H3,(H,33,40)(H,34,37)(H3,31,32,42)/t20-,26+/m0/s1. The van der Waals surface area contributed by atoms with Crippen LogP contribution >= 0.6 is 0 Å². The molecule has 2 atom stereocenters. The van der Waals surface area contributed by atoms with Gasteiger partial charge in [0, 0.05) is 36.7 Å². The summed E-state index contributed by atoms with van der Waals surface area (Å²) >= 11 is 0. The first-order valence-corrected chi connectivity index (χ1v) is 14.0. The molecule has 0 saturated carbocycles. The number of urea groups is 1. The van der Waals surface area contributed by atoms with E-state index in [-0.39, 0.29) is 37.9 Å². The number of benzene rings is 1. The zero-order valence-electron chi connectivity index (χ0n) is 25.2. The van der Waals surface area contributed by atoms with E-state index in [1.807, 2.05) is 0 Å². The maximum atomic E-state index is 13.4. The van der Waals surface area contributed by atoms with E-state index in [9.17, 15) is 33.6 Å². The van der Waals surface area contributed by atoms with Crippen LogP contribution in [0.3, 0.4) is 0 Å². The van der Waals surface area contributed by atoms with Crippen molar-refractivity contribution >= 4 is 47.1 Å². The minimum absolute atomic E-state index is 0.0766. The number of nitrogens with two attached hydrogens (primary N) is 1. The zero-order valence-corrected chi connectivity index (χ0v) is 25.2. The number of carbonyl (C=O) groups excluding carboxylic acids is 7. The number of nitrogens with one attached hydrogen (secondary N) is 3. The Labute approximate surface area is 250 Å². The lowest BCUT2D eigenvalue weighted by atomic mass is 9.89. The Morgan fingerprint density at radius 3 is 2.12 bits per heavy atom. The summed E-state index contributed by atoms with van der Waals surface area (Å²) < 4.78 is 5.31. The molecular weight excluding hydrogens is 558 g/mol. The normalized spacial score (nSPS) is 14.3. The lowest BCUT2D eigenvalue weighted by Crippen LogP contribution is -2.49. The largest absolute Gasteiger partial charge is 0.460 e. The van der Waals surface area contributed by atoms with E-state index in [0.717, 1.165) is 22.6 Å². The van der Waals surface area contributed by atoms with Crippen LogP contribution in [0.5, 0.6) is 0 Å². The van der Waals surface area contributed by atoms with Gasteiger partial charge in [-0.3, -0.25) is 33.7 Å². The highest BCUT2D eigenvalue weighted by atomic mass is 16.5. The maximum absolute atomic E-state index is 13.4. The van der Waals surface area contributed by atoms with E-state index in [0.29, 0.717) is 12.1 Å². The summed E-state index contributed by atoms with van der Waals surface area (Å²) in [4.78, 5) is 86.7. The van der Waals surface area contributed by atoms with Crippen molar-refractivity contribution in [1.29, 1.82) is 0 Å². The van der Waals surface area contributed by atoms with Crippen LogP contribution in [0.25, 0.3) is 0 Å². The van der Waals surface area contributed by atoms with E-state index in [1.165, 1.54) is 0 Å². The second-order valence-electron chi connectivity index (χ2n) is 11.7. The molecule has 0 spiro atoms. The Morgan fingerprint density at radius 2 is 1.58 bits per heavy atom. The molecule has 43 heavy (non-hydrogen) atoms. The number of rotatable bonds is 15. The van der Waals surface area contributed by atoms with Crippen LogP contribution in [-0.4, -0.2) is 65.4 Å². The minimum Gasteiger partial charge on any atom is -0.460 e. The van der Waals surface area contributed by atoms with Crippen LogP contribution < -0.4 is 21.7 Å². The van der Waals surface area contributed by atoms with Crippen LogP contribution in [-0.2, 0) is 40.1 Å². The zero-order chi connectivity index (χ0) is 32.3. The molecule has 1 aliphatic rings. The number of hydrogen-bond acceptors (Lipinski definition) is 8. The smallest absolute Gasteiger partial charge is 0.312 e. The number of ketones is 1. The van der Waals surface area contributed by atoms with Crippen molar-refractivity contribution in [2.45, 2.75) is 66.5 Å². The molecule has 0 saturated heterocycles. The summed E-state index contributed by atoms with van der Waals surface area (Å²) in [5.41, 5.74) is 5.68.